The van der Waals surface area contributed by atoms with E-state index in [-0.39, 0.29) is 25.2 Å². The molecule has 2 aromatic heterocycles. The molecule has 0 spiro atoms. The minimum Gasteiger partial charge on any atom is -0.459 e. The maximum atomic E-state index is 11.9. The normalized spacial score (nSPS) is 10.6. The van der Waals surface area contributed by atoms with Crippen LogP contribution >= 0.6 is 22.9 Å². The van der Waals surface area contributed by atoms with Crippen molar-refractivity contribution in [3.05, 3.63) is 69.6 Å². The van der Waals surface area contributed by atoms with Gasteiger partial charge in [0, 0.05) is 12.6 Å². The zero-order valence-corrected chi connectivity index (χ0v) is 14.8. The molecule has 0 N–H and O–H groups in total. The van der Waals surface area contributed by atoms with Gasteiger partial charge in [0.2, 0.25) is 0 Å². The maximum Gasteiger partial charge on any atom is 0.306 e. The summed E-state index contributed by atoms with van der Waals surface area (Å²) in [5.41, 5.74) is 1.58. The summed E-state index contributed by atoms with van der Waals surface area (Å²) in [5, 5.41) is 4.36. The Morgan fingerprint density at radius 3 is 2.60 bits per heavy atom. The van der Waals surface area contributed by atoms with Crippen LogP contribution in [0.1, 0.15) is 28.2 Å². The molecule has 0 bridgehead atoms. The third-order valence-electron chi connectivity index (χ3n) is 3.45. The summed E-state index contributed by atoms with van der Waals surface area (Å²) < 4.78 is 7.45. The first kappa shape index (κ1) is 17.4. The highest BCUT2D eigenvalue weighted by atomic mass is 35.5. The Balaban J connectivity index is 1.46. The smallest absolute Gasteiger partial charge is 0.306 e. The summed E-state index contributed by atoms with van der Waals surface area (Å²) in [5.74, 6) is -0.535. The van der Waals surface area contributed by atoms with Crippen molar-refractivity contribution in [3.8, 4) is 5.69 Å². The van der Waals surface area contributed by atoms with Gasteiger partial charge in [0.1, 0.15) is 12.3 Å². The molecule has 0 fully saturated rings. The number of thiophene rings is 1. The number of esters is 1. The van der Waals surface area contributed by atoms with Crippen LogP contribution in [0.5, 0.6) is 0 Å². The highest BCUT2D eigenvalue weighted by Gasteiger charge is 2.13. The lowest BCUT2D eigenvalue weighted by molar-refractivity contribution is -0.145. The maximum absolute atomic E-state index is 11.9. The molecule has 0 atom stereocenters. The zero-order chi connectivity index (χ0) is 17.6. The van der Waals surface area contributed by atoms with Crippen molar-refractivity contribution in [1.29, 1.82) is 0 Å². The van der Waals surface area contributed by atoms with Gasteiger partial charge >= 0.3 is 5.97 Å². The Morgan fingerprint density at radius 2 is 1.88 bits per heavy atom. The fourth-order valence-electron chi connectivity index (χ4n) is 2.19. The molecular formula is C18H15ClN2O3S. The summed E-state index contributed by atoms with van der Waals surface area (Å²) in [6, 6.07) is 14.8. The second-order valence-electron chi connectivity index (χ2n) is 5.27. The molecule has 0 unspecified atom stereocenters. The van der Waals surface area contributed by atoms with Gasteiger partial charge in [-0.05, 0) is 30.3 Å². The van der Waals surface area contributed by atoms with Crippen LogP contribution < -0.4 is 0 Å². The summed E-state index contributed by atoms with van der Waals surface area (Å²) in [6.07, 6.45) is 1.95. The van der Waals surface area contributed by atoms with Crippen LogP contribution in [0.25, 0.3) is 5.69 Å². The quantitative estimate of drug-likeness (QED) is 0.457. The number of rotatable bonds is 7. The first-order valence-corrected chi connectivity index (χ1v) is 8.85. The van der Waals surface area contributed by atoms with E-state index in [1.165, 1.54) is 11.3 Å². The van der Waals surface area contributed by atoms with E-state index < -0.39 is 5.97 Å². The van der Waals surface area contributed by atoms with Gasteiger partial charge in [0.15, 0.2) is 5.78 Å². The fourth-order valence-corrected chi connectivity index (χ4v) is 3.20. The van der Waals surface area contributed by atoms with Gasteiger partial charge < -0.3 is 4.74 Å². The van der Waals surface area contributed by atoms with E-state index in [2.05, 4.69) is 5.10 Å². The molecule has 1 aromatic carbocycles. The molecule has 25 heavy (non-hydrogen) atoms. The van der Waals surface area contributed by atoms with Crippen LogP contribution in [0.2, 0.25) is 4.34 Å². The lowest BCUT2D eigenvalue weighted by Gasteiger charge is -2.03. The van der Waals surface area contributed by atoms with E-state index in [1.807, 2.05) is 36.5 Å². The van der Waals surface area contributed by atoms with Crippen LogP contribution in [0, 0.1) is 0 Å². The highest BCUT2D eigenvalue weighted by Crippen LogP contribution is 2.23. The van der Waals surface area contributed by atoms with Crippen LogP contribution in [0.3, 0.4) is 0 Å². The van der Waals surface area contributed by atoms with Crippen molar-refractivity contribution in [2.75, 3.05) is 0 Å². The van der Waals surface area contributed by atoms with Crippen molar-refractivity contribution >= 4 is 34.7 Å². The van der Waals surface area contributed by atoms with E-state index in [0.29, 0.717) is 14.9 Å². The van der Waals surface area contributed by atoms with Crippen molar-refractivity contribution in [2.45, 2.75) is 19.4 Å². The van der Waals surface area contributed by atoms with Gasteiger partial charge in [-0.2, -0.15) is 5.10 Å². The molecule has 0 aliphatic carbocycles. The Kier molecular flexibility index (Phi) is 5.63. The lowest BCUT2D eigenvalue weighted by atomic mass is 10.2. The van der Waals surface area contributed by atoms with E-state index in [9.17, 15) is 9.59 Å². The molecule has 3 aromatic rings. The lowest BCUT2D eigenvalue weighted by Crippen LogP contribution is -2.08. The van der Waals surface area contributed by atoms with Crippen LogP contribution in [-0.2, 0) is 16.1 Å². The number of benzene rings is 1. The third kappa shape index (κ3) is 4.78. The number of nitrogens with zero attached hydrogens (tertiary/aromatic N) is 2. The van der Waals surface area contributed by atoms with Gasteiger partial charge in [-0.15, -0.1) is 11.3 Å². The molecule has 3 rings (SSSR count). The number of ether oxygens (including phenoxy) is 1. The average molecular weight is 375 g/mol. The molecule has 2 heterocycles. The van der Waals surface area contributed by atoms with Crippen molar-refractivity contribution in [1.82, 2.24) is 9.78 Å². The summed E-state index contributed by atoms with van der Waals surface area (Å²) in [7, 11) is 0. The summed E-state index contributed by atoms with van der Waals surface area (Å²) in [6.45, 7) is 0.0810. The Hall–Kier alpha value is -2.44. The third-order valence-corrected chi connectivity index (χ3v) is 4.72. The molecule has 128 valence electrons. The minimum absolute atomic E-state index is 0.0355. The van der Waals surface area contributed by atoms with Gasteiger partial charge in [-0.3, -0.25) is 9.59 Å². The first-order chi connectivity index (χ1) is 12.1. The average Bonchev–Trinajstić information content (AvgIpc) is 3.28. The van der Waals surface area contributed by atoms with Gasteiger partial charge in [-0.25, -0.2) is 4.68 Å². The molecule has 0 saturated heterocycles. The van der Waals surface area contributed by atoms with Gasteiger partial charge in [0.25, 0.3) is 0 Å². The largest absolute Gasteiger partial charge is 0.459 e. The number of hydrogen-bond donors (Lipinski definition) is 0. The van der Waals surface area contributed by atoms with Crippen molar-refractivity contribution < 1.29 is 14.3 Å². The number of para-hydroxylation sites is 1. The molecule has 5 nitrogen and oxygen atoms in total. The number of ketones is 1. The standard InChI is InChI=1S/C18H15ClN2O3S/c19-17-8-7-16(25-17)15(22)6-9-18(23)24-12-13-10-11-21(20-13)14-4-2-1-3-5-14/h1-5,7-8,10-11H,6,9,12H2. The Bertz CT molecular complexity index is 873. The molecule has 0 amide bonds. The van der Waals surface area contributed by atoms with E-state index >= 15 is 0 Å². The molecule has 0 saturated carbocycles. The Morgan fingerprint density at radius 1 is 1.08 bits per heavy atom. The number of halogens is 1. The van der Waals surface area contributed by atoms with Crippen LogP contribution in [0.4, 0.5) is 0 Å². The minimum atomic E-state index is -0.426. The second-order valence-corrected chi connectivity index (χ2v) is 6.99. The number of Topliss-reactive ketones (excluding diaryl/α,β-unsaturated/α-hetero) is 1. The predicted octanol–water partition coefficient (Wildman–Crippen LogP) is 4.29. The van der Waals surface area contributed by atoms with Crippen molar-refractivity contribution in [3.63, 3.8) is 0 Å². The molecule has 0 aliphatic rings. The number of aromatic nitrogens is 2. The monoisotopic (exact) mass is 374 g/mol. The molecular weight excluding hydrogens is 360 g/mol. The van der Waals surface area contributed by atoms with Gasteiger partial charge in [0.05, 0.1) is 21.3 Å². The fraction of sp³-hybridized carbons (Fsp3) is 0.167. The molecule has 0 aliphatic heterocycles. The number of carbonyl (C=O) groups excluding carboxylic acids is 2. The van der Waals surface area contributed by atoms with E-state index in [0.717, 1.165) is 5.69 Å². The zero-order valence-electron chi connectivity index (χ0n) is 13.2. The Labute approximate surface area is 153 Å². The van der Waals surface area contributed by atoms with Crippen molar-refractivity contribution in [2.24, 2.45) is 0 Å². The van der Waals surface area contributed by atoms with E-state index in [1.54, 1.807) is 22.9 Å². The predicted molar refractivity (Wildman–Crippen MR) is 96.3 cm³/mol. The molecule has 7 heteroatoms. The van der Waals surface area contributed by atoms with Crippen LogP contribution in [0.15, 0.2) is 54.7 Å². The SMILES string of the molecule is O=C(CCC(=O)c1ccc(Cl)s1)OCc1ccn(-c2ccccc2)n1. The second kappa shape index (κ2) is 8.09. The van der Waals surface area contributed by atoms with Gasteiger partial charge in [-0.1, -0.05) is 29.8 Å². The number of carbonyl (C=O) groups is 2. The molecule has 0 radical (unpaired) electrons. The number of hydrogen-bond acceptors (Lipinski definition) is 5. The summed E-state index contributed by atoms with van der Waals surface area (Å²) >= 11 is 7.01. The topological polar surface area (TPSA) is 61.2 Å². The first-order valence-electron chi connectivity index (χ1n) is 7.66. The highest BCUT2D eigenvalue weighted by molar-refractivity contribution is 7.18. The van der Waals surface area contributed by atoms with E-state index in [4.69, 9.17) is 16.3 Å². The summed E-state index contributed by atoms with van der Waals surface area (Å²) in [4.78, 5) is 24.3. The van der Waals surface area contributed by atoms with Crippen LogP contribution in [-0.4, -0.2) is 21.5 Å².